The molecule has 3 rings (SSSR count). The first-order valence-corrected chi connectivity index (χ1v) is 15.4. The van der Waals surface area contributed by atoms with E-state index in [0.717, 1.165) is 16.1 Å². The number of sulfonamides is 1. The van der Waals surface area contributed by atoms with Gasteiger partial charge in [0.15, 0.2) is 0 Å². The van der Waals surface area contributed by atoms with Crippen molar-refractivity contribution < 1.29 is 18.0 Å². The van der Waals surface area contributed by atoms with E-state index in [-0.39, 0.29) is 18.9 Å². The maximum atomic E-state index is 14.1. The monoisotopic (exact) mass is 633 g/mol. The Labute approximate surface area is 244 Å². The third-order valence-corrected chi connectivity index (χ3v) is 8.03. The fourth-order valence-electron chi connectivity index (χ4n) is 4.07. The molecule has 2 amide bonds. The number of halogens is 2. The zero-order valence-corrected chi connectivity index (χ0v) is 25.6. The summed E-state index contributed by atoms with van der Waals surface area (Å²) in [5.41, 5.74) is 1.26. The number of benzene rings is 3. The molecule has 39 heavy (non-hydrogen) atoms. The van der Waals surface area contributed by atoms with Crippen molar-refractivity contribution in [1.29, 1.82) is 0 Å². The van der Waals surface area contributed by atoms with Gasteiger partial charge in [-0.3, -0.25) is 13.9 Å². The first kappa shape index (κ1) is 30.7. The third kappa shape index (κ3) is 8.81. The van der Waals surface area contributed by atoms with Gasteiger partial charge in [0.25, 0.3) is 0 Å². The number of hydrogen-bond donors (Lipinski definition) is 1. The fourth-order valence-corrected chi connectivity index (χ4v) is 5.74. The highest BCUT2D eigenvalue weighted by Crippen LogP contribution is 2.28. The van der Waals surface area contributed by atoms with Crippen molar-refractivity contribution in [2.45, 2.75) is 45.3 Å². The Morgan fingerprint density at radius 3 is 2.13 bits per heavy atom. The summed E-state index contributed by atoms with van der Waals surface area (Å²) in [5, 5.41) is 3.43. The lowest BCUT2D eigenvalue weighted by molar-refractivity contribution is -0.140. The zero-order chi connectivity index (χ0) is 28.8. The fraction of sp³-hybridized carbons (Fsp3) is 0.310. The maximum Gasteiger partial charge on any atom is 0.244 e. The summed E-state index contributed by atoms with van der Waals surface area (Å²) in [5.74, 6) is -0.889. The Bertz CT molecular complexity index is 1410. The molecule has 0 saturated carbocycles. The second-order valence-electron chi connectivity index (χ2n) is 10.3. The molecule has 3 aromatic carbocycles. The predicted octanol–water partition coefficient (Wildman–Crippen LogP) is 5.42. The summed E-state index contributed by atoms with van der Waals surface area (Å²) in [4.78, 5) is 29.2. The van der Waals surface area contributed by atoms with Gasteiger partial charge in [-0.15, -0.1) is 0 Å². The number of anilines is 1. The normalized spacial score (nSPS) is 12.5. The number of nitrogens with one attached hydrogen (secondary N) is 1. The van der Waals surface area contributed by atoms with Crippen LogP contribution in [0, 0.1) is 0 Å². The lowest BCUT2D eigenvalue weighted by atomic mass is 10.0. The van der Waals surface area contributed by atoms with Gasteiger partial charge in [0.05, 0.1) is 11.9 Å². The van der Waals surface area contributed by atoms with Crippen LogP contribution < -0.4 is 9.62 Å². The van der Waals surface area contributed by atoms with Crippen LogP contribution in [0.3, 0.4) is 0 Å². The molecule has 1 unspecified atom stereocenters. The van der Waals surface area contributed by atoms with E-state index < -0.39 is 34.1 Å². The quantitative estimate of drug-likeness (QED) is 0.323. The molecule has 1 N–H and O–H groups in total. The van der Waals surface area contributed by atoms with Gasteiger partial charge in [0.1, 0.15) is 12.6 Å². The first-order chi connectivity index (χ1) is 18.3. The molecule has 208 valence electrons. The minimum atomic E-state index is -3.85. The topological polar surface area (TPSA) is 86.8 Å². The lowest BCUT2D eigenvalue weighted by Crippen LogP contribution is -2.56. The summed E-state index contributed by atoms with van der Waals surface area (Å²) in [6.07, 6.45) is 1.28. The third-order valence-electron chi connectivity index (χ3n) is 5.87. The van der Waals surface area contributed by atoms with Crippen LogP contribution in [0.1, 0.15) is 31.9 Å². The van der Waals surface area contributed by atoms with Gasteiger partial charge >= 0.3 is 0 Å². The van der Waals surface area contributed by atoms with Crippen LogP contribution >= 0.6 is 27.5 Å². The van der Waals surface area contributed by atoms with E-state index in [1.807, 2.05) is 51.1 Å². The second-order valence-corrected chi connectivity index (χ2v) is 13.4. The molecule has 1 atom stereocenters. The number of rotatable bonds is 10. The number of carbonyl (C=O) groups excluding carboxylic acids is 2. The summed E-state index contributed by atoms with van der Waals surface area (Å²) >= 11 is 9.86. The summed E-state index contributed by atoms with van der Waals surface area (Å²) < 4.78 is 27.3. The van der Waals surface area contributed by atoms with Crippen LogP contribution in [0.2, 0.25) is 5.02 Å². The van der Waals surface area contributed by atoms with Crippen LogP contribution in [0.4, 0.5) is 5.69 Å². The van der Waals surface area contributed by atoms with Crippen LogP contribution in [0.15, 0.2) is 83.3 Å². The number of hydrogen-bond acceptors (Lipinski definition) is 4. The minimum absolute atomic E-state index is 0.0150. The molecule has 0 heterocycles. The molecule has 0 aliphatic heterocycles. The highest BCUT2D eigenvalue weighted by atomic mass is 79.9. The van der Waals surface area contributed by atoms with Gasteiger partial charge < -0.3 is 10.2 Å². The van der Waals surface area contributed by atoms with E-state index in [2.05, 4.69) is 21.2 Å². The molecule has 10 heteroatoms. The lowest BCUT2D eigenvalue weighted by Gasteiger charge is -2.35. The van der Waals surface area contributed by atoms with E-state index >= 15 is 0 Å². The molecule has 7 nitrogen and oxygen atoms in total. The van der Waals surface area contributed by atoms with E-state index in [0.29, 0.717) is 20.7 Å². The minimum Gasteiger partial charge on any atom is -0.350 e. The molecule has 0 radical (unpaired) electrons. The van der Waals surface area contributed by atoms with Crippen molar-refractivity contribution in [2.24, 2.45) is 0 Å². The van der Waals surface area contributed by atoms with E-state index in [1.165, 1.54) is 4.90 Å². The Balaban J connectivity index is 2.10. The summed E-state index contributed by atoms with van der Waals surface area (Å²) in [6.45, 7) is 5.11. The van der Waals surface area contributed by atoms with Crippen molar-refractivity contribution in [3.8, 4) is 0 Å². The molecular weight excluding hydrogens is 602 g/mol. The van der Waals surface area contributed by atoms with Gasteiger partial charge in [-0.2, -0.15) is 0 Å². The number of para-hydroxylation sites is 1. The van der Waals surface area contributed by atoms with Gasteiger partial charge in [0.2, 0.25) is 21.8 Å². The largest absolute Gasteiger partial charge is 0.350 e. The summed E-state index contributed by atoms with van der Waals surface area (Å²) in [7, 11) is -3.85. The SMILES string of the molecule is CC(C)(C)NC(=O)C(Cc1ccccc1)N(Cc1ccccc1Cl)C(=O)CN(c1ccccc1Br)S(C)(=O)=O. The summed E-state index contributed by atoms with van der Waals surface area (Å²) in [6, 6.07) is 22.3. The molecule has 0 aliphatic rings. The average molecular weight is 635 g/mol. The zero-order valence-electron chi connectivity index (χ0n) is 22.4. The molecule has 0 fully saturated rings. The standard InChI is InChI=1S/C29H33BrClN3O4S/c1-29(2,3)32-28(36)26(18-21-12-6-5-7-13-21)33(19-22-14-8-10-16-24(22)31)27(35)20-34(39(4,37)38)25-17-11-9-15-23(25)30/h5-17,26H,18-20H2,1-4H3,(H,32,36). The van der Waals surface area contributed by atoms with Crippen molar-refractivity contribution in [2.75, 3.05) is 17.1 Å². The first-order valence-electron chi connectivity index (χ1n) is 12.4. The van der Waals surface area contributed by atoms with Crippen molar-refractivity contribution in [3.05, 3.63) is 99.5 Å². The maximum absolute atomic E-state index is 14.1. The van der Waals surface area contributed by atoms with Gasteiger partial charge in [-0.25, -0.2) is 8.42 Å². The predicted molar refractivity (Wildman–Crippen MR) is 160 cm³/mol. The molecule has 3 aromatic rings. The highest BCUT2D eigenvalue weighted by Gasteiger charge is 2.34. The molecule has 0 saturated heterocycles. The Morgan fingerprint density at radius 2 is 1.54 bits per heavy atom. The van der Waals surface area contributed by atoms with Crippen LogP contribution in [0.25, 0.3) is 0 Å². The van der Waals surface area contributed by atoms with Crippen LogP contribution in [-0.4, -0.2) is 49.5 Å². The number of nitrogens with zero attached hydrogens (tertiary/aromatic N) is 2. The molecule has 0 bridgehead atoms. The molecular formula is C29H33BrClN3O4S. The van der Waals surface area contributed by atoms with Gasteiger partial charge in [-0.1, -0.05) is 72.3 Å². The van der Waals surface area contributed by atoms with Crippen LogP contribution in [-0.2, 0) is 32.6 Å². The van der Waals surface area contributed by atoms with Crippen molar-refractivity contribution >= 4 is 55.1 Å². The van der Waals surface area contributed by atoms with Crippen molar-refractivity contribution in [1.82, 2.24) is 10.2 Å². The smallest absolute Gasteiger partial charge is 0.244 e. The number of amides is 2. The Hall–Kier alpha value is -2.88. The van der Waals surface area contributed by atoms with Gasteiger partial charge in [-0.05, 0) is 66.0 Å². The Morgan fingerprint density at radius 1 is 0.949 bits per heavy atom. The highest BCUT2D eigenvalue weighted by molar-refractivity contribution is 9.10. The Kier molecular flexibility index (Phi) is 10.2. The van der Waals surface area contributed by atoms with Crippen molar-refractivity contribution in [3.63, 3.8) is 0 Å². The van der Waals surface area contributed by atoms with E-state index in [1.54, 1.807) is 48.5 Å². The molecule has 0 spiro atoms. The molecule has 0 aromatic heterocycles. The van der Waals surface area contributed by atoms with Crippen LogP contribution in [0.5, 0.6) is 0 Å². The van der Waals surface area contributed by atoms with Gasteiger partial charge in [0, 0.05) is 28.0 Å². The van der Waals surface area contributed by atoms with E-state index in [4.69, 9.17) is 11.6 Å². The second kappa shape index (κ2) is 13.0. The van der Waals surface area contributed by atoms with E-state index in [9.17, 15) is 18.0 Å². The average Bonchev–Trinajstić information content (AvgIpc) is 2.85. The molecule has 0 aliphatic carbocycles. The number of carbonyl (C=O) groups is 2.